The average molecular weight is 238 g/mol. The second-order valence-corrected chi connectivity index (χ2v) is 6.12. The average Bonchev–Trinajstić information content (AvgIpc) is 2.83. The normalized spacial score (nSPS) is 42.1. The van der Waals surface area contributed by atoms with Gasteiger partial charge in [-0.25, -0.2) is 0 Å². The lowest BCUT2D eigenvalue weighted by atomic mass is 9.83. The second kappa shape index (κ2) is 4.60. The molecular formula is C14H26N2O. The molecule has 0 aromatic heterocycles. The van der Waals surface area contributed by atoms with Crippen molar-refractivity contribution in [2.24, 2.45) is 11.1 Å². The van der Waals surface area contributed by atoms with Crippen molar-refractivity contribution in [3.05, 3.63) is 0 Å². The Hall–Kier alpha value is -0.570. The first kappa shape index (κ1) is 12.9. The first-order valence-corrected chi connectivity index (χ1v) is 7.09. The van der Waals surface area contributed by atoms with E-state index in [1.807, 2.05) is 0 Å². The Labute approximate surface area is 105 Å². The highest BCUT2D eigenvalue weighted by atomic mass is 16.2. The zero-order valence-electron chi connectivity index (χ0n) is 11.4. The maximum absolute atomic E-state index is 12.8. The van der Waals surface area contributed by atoms with Crippen molar-refractivity contribution in [1.82, 2.24) is 4.90 Å². The molecule has 0 aromatic carbocycles. The fourth-order valence-corrected chi connectivity index (χ4v) is 3.59. The first-order valence-electron chi connectivity index (χ1n) is 7.09. The fourth-order valence-electron chi connectivity index (χ4n) is 3.59. The maximum atomic E-state index is 12.8. The number of rotatable bonds is 2. The monoisotopic (exact) mass is 238 g/mol. The van der Waals surface area contributed by atoms with Crippen LogP contribution in [0.25, 0.3) is 0 Å². The van der Waals surface area contributed by atoms with Gasteiger partial charge in [0.15, 0.2) is 0 Å². The number of hydrogen-bond donors (Lipinski definition) is 1. The van der Waals surface area contributed by atoms with E-state index in [0.717, 1.165) is 38.5 Å². The van der Waals surface area contributed by atoms with Gasteiger partial charge in [-0.1, -0.05) is 13.3 Å². The van der Waals surface area contributed by atoms with E-state index in [1.54, 1.807) is 0 Å². The van der Waals surface area contributed by atoms with Crippen molar-refractivity contribution < 1.29 is 4.79 Å². The van der Waals surface area contributed by atoms with E-state index in [9.17, 15) is 4.79 Å². The fraction of sp³-hybridized carbons (Fsp3) is 0.929. The molecule has 1 heterocycles. The number of hydrogen-bond acceptors (Lipinski definition) is 2. The molecule has 3 heteroatoms. The van der Waals surface area contributed by atoms with Crippen LogP contribution < -0.4 is 5.73 Å². The molecule has 1 amide bonds. The highest BCUT2D eigenvalue weighted by molar-refractivity contribution is 5.84. The summed E-state index contributed by atoms with van der Waals surface area (Å²) in [6.07, 6.45) is 6.45. The number of nitrogens with two attached hydrogens (primary N) is 1. The molecule has 1 aliphatic carbocycles. The summed E-state index contributed by atoms with van der Waals surface area (Å²) in [5, 5.41) is 0. The third-order valence-corrected chi connectivity index (χ3v) is 5.01. The predicted octanol–water partition coefficient (Wildman–Crippen LogP) is 2.29. The molecule has 4 unspecified atom stereocenters. The minimum absolute atomic E-state index is 0.0558. The standard InChI is InChI=1S/C14H26N2O/c1-4-11-8-7-10(2)16(11)13(17)14(3)9-5-6-12(14)15/h10-12H,4-9,15H2,1-3H3. The number of nitrogens with zero attached hydrogens (tertiary/aromatic N) is 1. The second-order valence-electron chi connectivity index (χ2n) is 6.12. The molecule has 98 valence electrons. The lowest BCUT2D eigenvalue weighted by molar-refractivity contribution is -0.144. The van der Waals surface area contributed by atoms with Crippen molar-refractivity contribution in [3.8, 4) is 0 Å². The van der Waals surface area contributed by atoms with Crippen LogP contribution in [0, 0.1) is 5.41 Å². The maximum Gasteiger partial charge on any atom is 0.230 e. The van der Waals surface area contributed by atoms with Crippen molar-refractivity contribution in [1.29, 1.82) is 0 Å². The van der Waals surface area contributed by atoms with Gasteiger partial charge in [0.1, 0.15) is 0 Å². The Morgan fingerprint density at radius 3 is 2.65 bits per heavy atom. The van der Waals surface area contributed by atoms with Gasteiger partial charge in [0.2, 0.25) is 5.91 Å². The van der Waals surface area contributed by atoms with E-state index < -0.39 is 0 Å². The zero-order valence-corrected chi connectivity index (χ0v) is 11.4. The Bertz CT molecular complexity index is 305. The Kier molecular flexibility index (Phi) is 3.48. The summed E-state index contributed by atoms with van der Waals surface area (Å²) in [6, 6.07) is 0.902. The molecule has 2 N–H and O–H groups in total. The molecule has 1 saturated heterocycles. The minimum atomic E-state index is -0.300. The molecule has 1 aliphatic heterocycles. The third kappa shape index (κ3) is 1.99. The zero-order chi connectivity index (χ0) is 12.6. The van der Waals surface area contributed by atoms with Crippen LogP contribution in [-0.4, -0.2) is 28.9 Å². The molecule has 0 bridgehead atoms. The quantitative estimate of drug-likeness (QED) is 0.802. The third-order valence-electron chi connectivity index (χ3n) is 5.01. The van der Waals surface area contributed by atoms with Crippen LogP contribution in [-0.2, 0) is 4.79 Å². The van der Waals surface area contributed by atoms with Crippen molar-refractivity contribution in [3.63, 3.8) is 0 Å². The SMILES string of the molecule is CCC1CCC(C)N1C(=O)C1(C)CCCC1N. The number of carbonyl (C=O) groups excluding carboxylic acids is 1. The van der Waals surface area contributed by atoms with Gasteiger partial charge in [-0.2, -0.15) is 0 Å². The Balaban J connectivity index is 2.18. The molecule has 1 saturated carbocycles. The van der Waals surface area contributed by atoms with Crippen LogP contribution in [0.1, 0.15) is 59.3 Å². The predicted molar refractivity (Wildman–Crippen MR) is 69.6 cm³/mol. The summed E-state index contributed by atoms with van der Waals surface area (Å²) < 4.78 is 0. The van der Waals surface area contributed by atoms with Gasteiger partial charge in [-0.3, -0.25) is 4.79 Å². The molecule has 0 spiro atoms. The Morgan fingerprint density at radius 2 is 2.12 bits per heavy atom. The molecule has 2 aliphatic rings. The summed E-state index contributed by atoms with van der Waals surface area (Å²) in [5.74, 6) is 0.319. The highest BCUT2D eigenvalue weighted by Crippen LogP contribution is 2.41. The molecule has 4 atom stereocenters. The van der Waals surface area contributed by atoms with Crippen LogP contribution in [0.4, 0.5) is 0 Å². The van der Waals surface area contributed by atoms with Crippen LogP contribution in [0.3, 0.4) is 0 Å². The van der Waals surface area contributed by atoms with E-state index in [0.29, 0.717) is 18.0 Å². The van der Waals surface area contributed by atoms with Gasteiger partial charge in [-0.05, 0) is 46.0 Å². The highest BCUT2D eigenvalue weighted by Gasteiger charge is 2.48. The van der Waals surface area contributed by atoms with Crippen LogP contribution in [0.2, 0.25) is 0 Å². The van der Waals surface area contributed by atoms with Gasteiger partial charge in [-0.15, -0.1) is 0 Å². The largest absolute Gasteiger partial charge is 0.336 e. The lowest BCUT2D eigenvalue weighted by Gasteiger charge is -2.37. The summed E-state index contributed by atoms with van der Waals surface area (Å²) >= 11 is 0. The number of likely N-dealkylation sites (tertiary alicyclic amines) is 1. The van der Waals surface area contributed by atoms with Gasteiger partial charge >= 0.3 is 0 Å². The smallest absolute Gasteiger partial charge is 0.230 e. The lowest BCUT2D eigenvalue weighted by Crippen LogP contribution is -2.52. The van der Waals surface area contributed by atoms with Gasteiger partial charge in [0, 0.05) is 18.1 Å². The molecule has 2 fully saturated rings. The van der Waals surface area contributed by atoms with E-state index in [1.165, 1.54) is 0 Å². The van der Waals surface area contributed by atoms with E-state index in [4.69, 9.17) is 5.73 Å². The van der Waals surface area contributed by atoms with Gasteiger partial charge in [0.05, 0.1) is 5.41 Å². The van der Waals surface area contributed by atoms with Gasteiger partial charge < -0.3 is 10.6 Å². The Morgan fingerprint density at radius 1 is 1.41 bits per heavy atom. The van der Waals surface area contributed by atoms with Crippen molar-refractivity contribution in [2.45, 2.75) is 77.4 Å². The van der Waals surface area contributed by atoms with Crippen molar-refractivity contribution >= 4 is 5.91 Å². The summed E-state index contributed by atoms with van der Waals surface area (Å²) in [4.78, 5) is 14.9. The number of amides is 1. The topological polar surface area (TPSA) is 46.3 Å². The summed E-state index contributed by atoms with van der Waals surface area (Å²) in [7, 11) is 0. The molecular weight excluding hydrogens is 212 g/mol. The van der Waals surface area contributed by atoms with E-state index in [2.05, 4.69) is 25.7 Å². The van der Waals surface area contributed by atoms with Crippen LogP contribution in [0.5, 0.6) is 0 Å². The van der Waals surface area contributed by atoms with Crippen LogP contribution >= 0.6 is 0 Å². The first-order chi connectivity index (χ1) is 8.00. The van der Waals surface area contributed by atoms with Crippen molar-refractivity contribution in [2.75, 3.05) is 0 Å². The molecule has 3 nitrogen and oxygen atoms in total. The van der Waals surface area contributed by atoms with Crippen LogP contribution in [0.15, 0.2) is 0 Å². The van der Waals surface area contributed by atoms with Gasteiger partial charge in [0.25, 0.3) is 0 Å². The molecule has 0 radical (unpaired) electrons. The molecule has 0 aromatic rings. The van der Waals surface area contributed by atoms with E-state index >= 15 is 0 Å². The summed E-state index contributed by atoms with van der Waals surface area (Å²) in [6.45, 7) is 6.43. The number of carbonyl (C=O) groups is 1. The van der Waals surface area contributed by atoms with E-state index in [-0.39, 0.29) is 11.5 Å². The molecule has 2 rings (SSSR count). The molecule has 17 heavy (non-hydrogen) atoms. The minimum Gasteiger partial charge on any atom is -0.336 e. The summed E-state index contributed by atoms with van der Waals surface area (Å²) in [5.41, 5.74) is 5.87.